The average Bonchev–Trinajstić information content (AvgIpc) is 2.61. The number of carbonyl (C=O) groups excluding carboxylic acids is 1. The molecule has 1 aliphatic heterocycles. The number of piperidine rings is 1. The molecule has 0 aliphatic carbocycles. The van der Waals surface area contributed by atoms with E-state index in [0.29, 0.717) is 5.69 Å². The Kier molecular flexibility index (Phi) is 5.10. The van der Waals surface area contributed by atoms with Crippen LogP contribution in [-0.4, -0.2) is 45.0 Å². The van der Waals surface area contributed by atoms with Crippen molar-refractivity contribution in [3.63, 3.8) is 0 Å². The second kappa shape index (κ2) is 7.33. The number of hydrogen-bond acceptors (Lipinski definition) is 7. The van der Waals surface area contributed by atoms with Gasteiger partial charge in [-0.1, -0.05) is 0 Å². The summed E-state index contributed by atoms with van der Waals surface area (Å²) in [4.78, 5) is 39.6. The first kappa shape index (κ1) is 18.8. The largest absolute Gasteiger partial charge is 0.391 e. The molecule has 0 amide bonds. The molecular weight excluding hydrogens is 365 g/mol. The Labute approximate surface area is 151 Å². The van der Waals surface area contributed by atoms with Crippen molar-refractivity contribution in [1.29, 1.82) is 0 Å². The van der Waals surface area contributed by atoms with Crippen LogP contribution in [0.15, 0.2) is 23.4 Å². The van der Waals surface area contributed by atoms with E-state index >= 15 is 0 Å². The number of halogens is 3. The maximum Gasteiger partial charge on any atom is 0.391 e. The highest BCUT2D eigenvalue weighted by Gasteiger charge is 2.41. The SMILES string of the molecule is Nc1nccnc1C(=O)Cc1[nH]c(=O)ncc1N1CCC(C(F)(F)F)CC1. The summed E-state index contributed by atoms with van der Waals surface area (Å²) in [5.74, 6) is -1.85. The van der Waals surface area contributed by atoms with E-state index in [1.54, 1.807) is 4.90 Å². The van der Waals surface area contributed by atoms with Gasteiger partial charge in [-0.2, -0.15) is 18.2 Å². The number of aromatic amines is 1. The molecule has 11 heteroatoms. The topological polar surface area (TPSA) is 118 Å². The van der Waals surface area contributed by atoms with Crippen molar-refractivity contribution >= 4 is 17.3 Å². The van der Waals surface area contributed by atoms with Crippen molar-refractivity contribution in [3.05, 3.63) is 40.5 Å². The Hall–Kier alpha value is -2.98. The second-order valence-electron chi connectivity index (χ2n) is 6.25. The Balaban J connectivity index is 1.81. The molecule has 144 valence electrons. The molecule has 3 heterocycles. The highest BCUT2D eigenvalue weighted by atomic mass is 19.4. The fourth-order valence-electron chi connectivity index (χ4n) is 3.09. The molecule has 2 aromatic heterocycles. The van der Waals surface area contributed by atoms with Gasteiger partial charge in [0.25, 0.3) is 0 Å². The first-order valence-corrected chi connectivity index (χ1v) is 8.25. The third kappa shape index (κ3) is 4.23. The van der Waals surface area contributed by atoms with E-state index in [-0.39, 0.29) is 49.6 Å². The zero-order valence-corrected chi connectivity index (χ0v) is 14.2. The van der Waals surface area contributed by atoms with Crippen molar-refractivity contribution in [2.75, 3.05) is 23.7 Å². The van der Waals surface area contributed by atoms with Gasteiger partial charge in [-0.25, -0.2) is 14.8 Å². The highest BCUT2D eigenvalue weighted by molar-refractivity contribution is 5.99. The van der Waals surface area contributed by atoms with Crippen LogP contribution in [0.3, 0.4) is 0 Å². The summed E-state index contributed by atoms with van der Waals surface area (Å²) in [6, 6.07) is 0. The van der Waals surface area contributed by atoms with Crippen LogP contribution >= 0.6 is 0 Å². The van der Waals surface area contributed by atoms with Crippen LogP contribution < -0.4 is 16.3 Å². The van der Waals surface area contributed by atoms with E-state index in [1.807, 2.05) is 0 Å². The molecule has 0 aromatic carbocycles. The summed E-state index contributed by atoms with van der Waals surface area (Å²) < 4.78 is 38.6. The number of alkyl halides is 3. The number of hydrogen-bond donors (Lipinski definition) is 2. The van der Waals surface area contributed by atoms with Crippen LogP contribution in [0, 0.1) is 5.92 Å². The van der Waals surface area contributed by atoms with Gasteiger partial charge in [-0.15, -0.1) is 0 Å². The van der Waals surface area contributed by atoms with Gasteiger partial charge in [0.15, 0.2) is 11.6 Å². The second-order valence-corrected chi connectivity index (χ2v) is 6.25. The predicted octanol–water partition coefficient (Wildman–Crippen LogP) is 1.35. The van der Waals surface area contributed by atoms with E-state index in [4.69, 9.17) is 5.73 Å². The number of ketones is 1. The molecule has 0 bridgehead atoms. The minimum absolute atomic E-state index is 0.0307. The van der Waals surface area contributed by atoms with Crippen LogP contribution in [0.2, 0.25) is 0 Å². The summed E-state index contributed by atoms with van der Waals surface area (Å²) in [6.07, 6.45) is -0.638. The van der Waals surface area contributed by atoms with Crippen LogP contribution in [0.4, 0.5) is 24.7 Å². The molecule has 3 rings (SSSR count). The van der Waals surface area contributed by atoms with Crippen molar-refractivity contribution < 1.29 is 18.0 Å². The molecule has 1 saturated heterocycles. The minimum Gasteiger partial charge on any atom is -0.382 e. The maximum absolute atomic E-state index is 12.9. The third-order valence-electron chi connectivity index (χ3n) is 4.50. The number of nitrogens with one attached hydrogen (secondary N) is 1. The Morgan fingerprint density at radius 2 is 1.89 bits per heavy atom. The van der Waals surface area contributed by atoms with Crippen molar-refractivity contribution in [1.82, 2.24) is 19.9 Å². The number of rotatable bonds is 4. The molecular formula is C16H17F3N6O2. The van der Waals surface area contributed by atoms with E-state index in [2.05, 4.69) is 19.9 Å². The van der Waals surface area contributed by atoms with E-state index in [0.717, 1.165) is 0 Å². The monoisotopic (exact) mass is 382 g/mol. The lowest BCUT2D eigenvalue weighted by atomic mass is 9.95. The molecule has 0 atom stereocenters. The number of Topliss-reactive ketones (excluding diaryl/α,β-unsaturated/α-hetero) is 1. The number of carbonyl (C=O) groups is 1. The van der Waals surface area contributed by atoms with Crippen molar-refractivity contribution in [3.8, 4) is 0 Å². The number of nitrogens with two attached hydrogens (primary N) is 1. The summed E-state index contributed by atoms with van der Waals surface area (Å²) >= 11 is 0. The fourth-order valence-corrected chi connectivity index (χ4v) is 3.09. The van der Waals surface area contributed by atoms with Crippen LogP contribution in [-0.2, 0) is 6.42 Å². The quantitative estimate of drug-likeness (QED) is 0.766. The fraction of sp³-hybridized carbons (Fsp3) is 0.438. The normalized spacial score (nSPS) is 15.7. The highest BCUT2D eigenvalue weighted by Crippen LogP contribution is 2.35. The van der Waals surface area contributed by atoms with Crippen LogP contribution in [0.1, 0.15) is 29.0 Å². The zero-order valence-electron chi connectivity index (χ0n) is 14.2. The summed E-state index contributed by atoms with van der Waals surface area (Å²) in [5, 5.41) is 0. The van der Waals surface area contributed by atoms with E-state index in [1.165, 1.54) is 18.6 Å². The lowest BCUT2D eigenvalue weighted by Crippen LogP contribution is -2.40. The first-order chi connectivity index (χ1) is 12.8. The summed E-state index contributed by atoms with van der Waals surface area (Å²) in [6.45, 7) is 0.290. The lowest BCUT2D eigenvalue weighted by molar-refractivity contribution is -0.179. The first-order valence-electron chi connectivity index (χ1n) is 8.25. The number of aromatic nitrogens is 4. The van der Waals surface area contributed by atoms with Crippen molar-refractivity contribution in [2.45, 2.75) is 25.4 Å². The predicted molar refractivity (Wildman–Crippen MR) is 90.3 cm³/mol. The molecule has 0 spiro atoms. The summed E-state index contributed by atoms with van der Waals surface area (Å²) in [5.41, 5.74) is 5.64. The van der Waals surface area contributed by atoms with Gasteiger partial charge in [0.05, 0.1) is 29.9 Å². The number of H-pyrrole nitrogens is 1. The van der Waals surface area contributed by atoms with Gasteiger partial charge in [-0.05, 0) is 12.8 Å². The van der Waals surface area contributed by atoms with Gasteiger partial charge >= 0.3 is 11.9 Å². The molecule has 27 heavy (non-hydrogen) atoms. The van der Waals surface area contributed by atoms with Gasteiger partial charge in [-0.3, -0.25) is 4.79 Å². The van der Waals surface area contributed by atoms with Gasteiger partial charge in [0.2, 0.25) is 0 Å². The van der Waals surface area contributed by atoms with Crippen LogP contribution in [0.5, 0.6) is 0 Å². The van der Waals surface area contributed by atoms with Gasteiger partial charge in [0.1, 0.15) is 5.69 Å². The Morgan fingerprint density at radius 3 is 2.52 bits per heavy atom. The Bertz CT molecular complexity index is 890. The average molecular weight is 382 g/mol. The van der Waals surface area contributed by atoms with Gasteiger partial charge in [0, 0.05) is 25.5 Å². The number of nitrogens with zero attached hydrogens (tertiary/aromatic N) is 4. The molecule has 2 aromatic rings. The number of anilines is 2. The maximum atomic E-state index is 12.9. The third-order valence-corrected chi connectivity index (χ3v) is 4.50. The van der Waals surface area contributed by atoms with E-state index in [9.17, 15) is 22.8 Å². The molecule has 1 aliphatic rings. The smallest absolute Gasteiger partial charge is 0.382 e. The van der Waals surface area contributed by atoms with E-state index < -0.39 is 23.6 Å². The molecule has 1 fully saturated rings. The molecule has 3 N–H and O–H groups in total. The summed E-state index contributed by atoms with van der Waals surface area (Å²) in [7, 11) is 0. The van der Waals surface area contributed by atoms with Crippen molar-refractivity contribution in [2.24, 2.45) is 5.92 Å². The molecule has 8 nitrogen and oxygen atoms in total. The van der Waals surface area contributed by atoms with Crippen LogP contribution in [0.25, 0.3) is 0 Å². The molecule has 0 radical (unpaired) electrons. The lowest BCUT2D eigenvalue weighted by Gasteiger charge is -2.34. The molecule has 0 unspecified atom stereocenters. The standard InChI is InChI=1S/C16H17F3N6O2/c17-16(18,19)9-1-5-25(6-2-9)11-8-23-15(27)24-10(11)7-12(26)13-14(20)22-4-3-21-13/h3-4,8-9H,1-2,5-7H2,(H2,20,22)(H,23,24,27). The molecule has 0 saturated carbocycles. The minimum atomic E-state index is -4.22. The number of nitrogen functional groups attached to an aromatic ring is 1. The zero-order chi connectivity index (χ0) is 19.6. The van der Waals surface area contributed by atoms with Gasteiger partial charge < -0.3 is 15.6 Å². The Morgan fingerprint density at radius 1 is 1.22 bits per heavy atom.